The fourth-order valence-corrected chi connectivity index (χ4v) is 2.05. The van der Waals surface area contributed by atoms with Gasteiger partial charge in [0.2, 0.25) is 0 Å². The van der Waals surface area contributed by atoms with E-state index < -0.39 is 0 Å². The molecule has 0 bridgehead atoms. The minimum atomic E-state index is -0.343. The average molecular weight is 351 g/mol. The number of rotatable bonds is 5. The molecule has 23 heavy (non-hydrogen) atoms. The summed E-state index contributed by atoms with van der Waals surface area (Å²) in [5.41, 5.74) is 4.97. The van der Waals surface area contributed by atoms with Gasteiger partial charge in [-0.25, -0.2) is 5.43 Å². The van der Waals surface area contributed by atoms with E-state index >= 15 is 0 Å². The summed E-state index contributed by atoms with van der Waals surface area (Å²) >= 11 is 11.8. The molecular formula is C17H16Cl2N2O2. The fraction of sp³-hybridized carbons (Fsp3) is 0.176. The summed E-state index contributed by atoms with van der Waals surface area (Å²) in [6.07, 6.45) is 0. The highest BCUT2D eigenvalue weighted by molar-refractivity contribution is 6.42. The standard InChI is InChI=1S/C17H16Cl2N2O2/c1-11-3-6-14(7-4-11)23-10-17(22)21-20-12(2)13-5-8-15(18)16(19)9-13/h3-9H,10H2,1-2H3,(H,21,22)/b20-12+. The van der Waals surface area contributed by atoms with Gasteiger partial charge in [0.05, 0.1) is 15.8 Å². The lowest BCUT2D eigenvalue weighted by atomic mass is 10.1. The third-order valence-corrected chi connectivity index (χ3v) is 3.82. The van der Waals surface area contributed by atoms with E-state index in [4.69, 9.17) is 27.9 Å². The predicted octanol–water partition coefficient (Wildman–Crippen LogP) is 4.22. The molecule has 0 unspecified atom stereocenters. The Morgan fingerprint density at radius 3 is 2.48 bits per heavy atom. The number of aryl methyl sites for hydroxylation is 1. The fourth-order valence-electron chi connectivity index (χ4n) is 1.75. The Balaban J connectivity index is 1.89. The number of carbonyl (C=O) groups is 1. The zero-order chi connectivity index (χ0) is 16.8. The number of hydrogen-bond acceptors (Lipinski definition) is 3. The minimum Gasteiger partial charge on any atom is -0.484 e. The first kappa shape index (κ1) is 17.3. The highest BCUT2D eigenvalue weighted by atomic mass is 35.5. The lowest BCUT2D eigenvalue weighted by Gasteiger charge is -2.06. The number of hydrazone groups is 1. The topological polar surface area (TPSA) is 50.7 Å². The minimum absolute atomic E-state index is 0.110. The molecule has 0 spiro atoms. The van der Waals surface area contributed by atoms with Crippen LogP contribution in [0.1, 0.15) is 18.1 Å². The van der Waals surface area contributed by atoms with Gasteiger partial charge in [-0.3, -0.25) is 4.79 Å². The van der Waals surface area contributed by atoms with Crippen LogP contribution in [0.4, 0.5) is 0 Å². The Bertz CT molecular complexity index is 728. The molecule has 120 valence electrons. The van der Waals surface area contributed by atoms with E-state index in [0.717, 1.165) is 11.1 Å². The molecule has 4 nitrogen and oxygen atoms in total. The van der Waals surface area contributed by atoms with E-state index in [0.29, 0.717) is 21.5 Å². The number of benzene rings is 2. The molecule has 0 atom stereocenters. The Kier molecular flexibility index (Phi) is 6.02. The lowest BCUT2D eigenvalue weighted by Crippen LogP contribution is -2.25. The van der Waals surface area contributed by atoms with E-state index in [1.807, 2.05) is 31.2 Å². The van der Waals surface area contributed by atoms with Crippen molar-refractivity contribution in [1.29, 1.82) is 0 Å². The van der Waals surface area contributed by atoms with Gasteiger partial charge in [-0.15, -0.1) is 0 Å². The molecule has 0 aliphatic rings. The molecule has 2 aromatic carbocycles. The van der Waals surface area contributed by atoms with Crippen molar-refractivity contribution in [1.82, 2.24) is 5.43 Å². The number of halogens is 2. The average Bonchev–Trinajstić information content (AvgIpc) is 2.54. The molecule has 1 N–H and O–H groups in total. The van der Waals surface area contributed by atoms with Crippen LogP contribution >= 0.6 is 23.2 Å². The molecule has 2 rings (SSSR count). The smallest absolute Gasteiger partial charge is 0.277 e. The summed E-state index contributed by atoms with van der Waals surface area (Å²) in [6, 6.07) is 12.6. The first-order chi connectivity index (χ1) is 11.0. The normalized spacial score (nSPS) is 11.2. The zero-order valence-corrected chi connectivity index (χ0v) is 14.3. The van der Waals surface area contributed by atoms with E-state index in [2.05, 4.69) is 10.5 Å². The second kappa shape index (κ2) is 7.99. The molecule has 0 radical (unpaired) electrons. The van der Waals surface area contributed by atoms with Crippen LogP contribution in [0.15, 0.2) is 47.6 Å². The van der Waals surface area contributed by atoms with Crippen LogP contribution in [0, 0.1) is 6.92 Å². The van der Waals surface area contributed by atoms with Crippen molar-refractivity contribution in [2.75, 3.05) is 6.61 Å². The molecule has 0 heterocycles. The second-order valence-corrected chi connectivity index (χ2v) is 5.78. The summed E-state index contributed by atoms with van der Waals surface area (Å²) in [7, 11) is 0. The molecule has 0 aromatic heterocycles. The first-order valence-electron chi connectivity index (χ1n) is 6.94. The number of amides is 1. The summed E-state index contributed by atoms with van der Waals surface area (Å²) in [4.78, 5) is 11.7. The highest BCUT2D eigenvalue weighted by Crippen LogP contribution is 2.22. The maximum Gasteiger partial charge on any atom is 0.277 e. The number of nitrogens with one attached hydrogen (secondary N) is 1. The van der Waals surface area contributed by atoms with Gasteiger partial charge in [-0.1, -0.05) is 47.0 Å². The van der Waals surface area contributed by atoms with Crippen LogP contribution in [-0.4, -0.2) is 18.2 Å². The molecule has 2 aromatic rings. The molecule has 1 amide bonds. The second-order valence-electron chi connectivity index (χ2n) is 4.96. The van der Waals surface area contributed by atoms with Crippen molar-refractivity contribution in [2.24, 2.45) is 5.10 Å². The molecule has 0 saturated carbocycles. The first-order valence-corrected chi connectivity index (χ1v) is 7.69. The van der Waals surface area contributed by atoms with Crippen molar-refractivity contribution in [3.05, 3.63) is 63.6 Å². The van der Waals surface area contributed by atoms with Gasteiger partial charge in [-0.2, -0.15) is 5.10 Å². The maximum absolute atomic E-state index is 11.7. The van der Waals surface area contributed by atoms with E-state index in [-0.39, 0.29) is 12.5 Å². The van der Waals surface area contributed by atoms with Crippen LogP contribution in [-0.2, 0) is 4.79 Å². The van der Waals surface area contributed by atoms with Gasteiger partial charge >= 0.3 is 0 Å². The Morgan fingerprint density at radius 1 is 1.13 bits per heavy atom. The Morgan fingerprint density at radius 2 is 1.83 bits per heavy atom. The van der Waals surface area contributed by atoms with Crippen LogP contribution in [0.2, 0.25) is 10.0 Å². The maximum atomic E-state index is 11.7. The number of carbonyl (C=O) groups excluding carboxylic acids is 1. The third kappa shape index (κ3) is 5.27. The van der Waals surface area contributed by atoms with Crippen LogP contribution in [0.3, 0.4) is 0 Å². The van der Waals surface area contributed by atoms with E-state index in [9.17, 15) is 4.79 Å². The number of hydrogen-bond donors (Lipinski definition) is 1. The molecule has 0 fully saturated rings. The molecule has 0 aliphatic carbocycles. The van der Waals surface area contributed by atoms with Crippen LogP contribution in [0.25, 0.3) is 0 Å². The number of nitrogens with zero attached hydrogens (tertiary/aromatic N) is 1. The largest absolute Gasteiger partial charge is 0.484 e. The highest BCUT2D eigenvalue weighted by Gasteiger charge is 2.05. The monoisotopic (exact) mass is 350 g/mol. The van der Waals surface area contributed by atoms with Gasteiger partial charge in [-0.05, 0) is 43.7 Å². The van der Waals surface area contributed by atoms with Crippen LogP contribution in [0.5, 0.6) is 5.75 Å². The molecule has 6 heteroatoms. The van der Waals surface area contributed by atoms with Crippen molar-refractivity contribution in [3.63, 3.8) is 0 Å². The molecule has 0 saturated heterocycles. The quantitative estimate of drug-likeness (QED) is 0.648. The van der Waals surface area contributed by atoms with Gasteiger partial charge in [0.1, 0.15) is 5.75 Å². The SMILES string of the molecule is C/C(=N\NC(=O)COc1ccc(C)cc1)c1ccc(Cl)c(Cl)c1. The summed E-state index contributed by atoms with van der Waals surface area (Å²) in [5.74, 6) is 0.293. The van der Waals surface area contributed by atoms with Gasteiger partial charge in [0, 0.05) is 0 Å². The van der Waals surface area contributed by atoms with Gasteiger partial charge in [0.25, 0.3) is 5.91 Å². The summed E-state index contributed by atoms with van der Waals surface area (Å²) in [6.45, 7) is 3.64. The summed E-state index contributed by atoms with van der Waals surface area (Å²) < 4.78 is 5.38. The van der Waals surface area contributed by atoms with Crippen molar-refractivity contribution >= 4 is 34.8 Å². The predicted molar refractivity (Wildman–Crippen MR) is 93.5 cm³/mol. The summed E-state index contributed by atoms with van der Waals surface area (Å²) in [5, 5.41) is 4.94. The zero-order valence-electron chi connectivity index (χ0n) is 12.8. The van der Waals surface area contributed by atoms with Crippen molar-refractivity contribution in [2.45, 2.75) is 13.8 Å². The van der Waals surface area contributed by atoms with Crippen molar-refractivity contribution in [3.8, 4) is 5.75 Å². The van der Waals surface area contributed by atoms with Crippen LogP contribution < -0.4 is 10.2 Å². The van der Waals surface area contributed by atoms with Gasteiger partial charge in [0.15, 0.2) is 6.61 Å². The Hall–Kier alpha value is -2.04. The lowest BCUT2D eigenvalue weighted by molar-refractivity contribution is -0.123. The Labute approximate surface area is 145 Å². The van der Waals surface area contributed by atoms with Crippen molar-refractivity contribution < 1.29 is 9.53 Å². The van der Waals surface area contributed by atoms with E-state index in [1.165, 1.54) is 0 Å². The van der Waals surface area contributed by atoms with E-state index in [1.54, 1.807) is 25.1 Å². The van der Waals surface area contributed by atoms with Gasteiger partial charge < -0.3 is 4.74 Å². The molecular weight excluding hydrogens is 335 g/mol. The number of ether oxygens (including phenoxy) is 1. The third-order valence-electron chi connectivity index (χ3n) is 3.08. The molecule has 0 aliphatic heterocycles.